The minimum Gasteiger partial charge on any atom is -0.356 e. The molecule has 0 unspecified atom stereocenters. The van der Waals surface area contributed by atoms with Crippen LogP contribution in [0.25, 0.3) is 10.9 Å². The molecule has 1 aromatic heterocycles. The van der Waals surface area contributed by atoms with Gasteiger partial charge in [0.1, 0.15) is 11.7 Å². The monoisotopic (exact) mass is 545 g/mol. The molecule has 1 saturated heterocycles. The maximum Gasteiger partial charge on any atom is 0.290 e. The van der Waals surface area contributed by atoms with E-state index in [1.54, 1.807) is 26.8 Å². The van der Waals surface area contributed by atoms with Crippen LogP contribution in [-0.4, -0.2) is 58.6 Å². The van der Waals surface area contributed by atoms with Gasteiger partial charge in [-0.1, -0.05) is 48.5 Å². The predicted molar refractivity (Wildman–Crippen MR) is 150 cm³/mol. The van der Waals surface area contributed by atoms with E-state index in [-0.39, 0.29) is 24.4 Å². The molecule has 0 bridgehead atoms. The van der Waals surface area contributed by atoms with Crippen LogP contribution in [-0.2, 0) is 25.6 Å². The molecule has 4 rings (SSSR count). The summed E-state index contributed by atoms with van der Waals surface area (Å²) in [5.74, 6) is -3.56. The van der Waals surface area contributed by atoms with Gasteiger partial charge in [0, 0.05) is 35.3 Å². The number of rotatable bonds is 10. The number of hydrogen-bond donors (Lipinski definition) is 5. The lowest BCUT2D eigenvalue weighted by Gasteiger charge is -2.26. The second kappa shape index (κ2) is 12.1. The van der Waals surface area contributed by atoms with Crippen molar-refractivity contribution in [2.24, 2.45) is 5.92 Å². The summed E-state index contributed by atoms with van der Waals surface area (Å²) in [5, 5.41) is 11.7. The van der Waals surface area contributed by atoms with Gasteiger partial charge in [-0.3, -0.25) is 24.0 Å². The van der Waals surface area contributed by atoms with Crippen molar-refractivity contribution in [3.8, 4) is 0 Å². The standard InChI is InChI=1S/C30H35N5O5/c1-30(2,3)35-29(40)25(36)22(17-20-13-14-31-26(20)37)33-27(38)23(15-18-9-5-4-6-10-18)34-28(39)24-16-19-11-7-8-12-21(19)32-24/h4-12,16,20,22-23,32H,13-15,17H2,1-3H3,(H,31,37)(H,33,38)(H,34,39)(H,35,40)/t20-,22-,23-/m0/s1. The van der Waals surface area contributed by atoms with Crippen molar-refractivity contribution in [2.75, 3.05) is 6.54 Å². The third-order valence-corrected chi connectivity index (χ3v) is 6.71. The van der Waals surface area contributed by atoms with E-state index in [9.17, 15) is 24.0 Å². The highest BCUT2D eigenvalue weighted by molar-refractivity contribution is 6.38. The Hall–Kier alpha value is -4.47. The van der Waals surface area contributed by atoms with Gasteiger partial charge in [-0.2, -0.15) is 0 Å². The highest BCUT2D eigenvalue weighted by Gasteiger charge is 2.36. The summed E-state index contributed by atoms with van der Waals surface area (Å²) in [5.41, 5.74) is 1.19. The van der Waals surface area contributed by atoms with Crippen molar-refractivity contribution in [3.05, 3.63) is 71.9 Å². The van der Waals surface area contributed by atoms with Crippen LogP contribution in [0.5, 0.6) is 0 Å². The molecule has 2 aromatic carbocycles. The molecule has 1 aliphatic rings. The third kappa shape index (κ3) is 7.34. The highest BCUT2D eigenvalue weighted by atomic mass is 16.2. The number of H-pyrrole nitrogens is 1. The van der Waals surface area contributed by atoms with Crippen molar-refractivity contribution in [3.63, 3.8) is 0 Å². The van der Waals surface area contributed by atoms with Gasteiger partial charge in [-0.25, -0.2) is 0 Å². The topological polar surface area (TPSA) is 149 Å². The summed E-state index contributed by atoms with van der Waals surface area (Å²) < 4.78 is 0. The van der Waals surface area contributed by atoms with E-state index >= 15 is 0 Å². The quantitative estimate of drug-likeness (QED) is 0.247. The van der Waals surface area contributed by atoms with Gasteiger partial charge >= 0.3 is 0 Å². The number of ketones is 1. The molecule has 40 heavy (non-hydrogen) atoms. The minimum atomic E-state index is -1.24. The predicted octanol–water partition coefficient (Wildman–Crippen LogP) is 2.00. The number of aromatic amines is 1. The SMILES string of the molecule is CC(C)(C)NC(=O)C(=O)[C@H](C[C@@H]1CCNC1=O)NC(=O)[C@H](Cc1ccccc1)NC(=O)c1cc2ccccc2[nH]1. The van der Waals surface area contributed by atoms with Crippen molar-refractivity contribution in [1.82, 2.24) is 26.3 Å². The summed E-state index contributed by atoms with van der Waals surface area (Å²) in [4.78, 5) is 68.2. The van der Waals surface area contributed by atoms with Crippen molar-refractivity contribution in [2.45, 2.75) is 57.7 Å². The van der Waals surface area contributed by atoms with Crippen LogP contribution in [0.2, 0.25) is 0 Å². The molecule has 1 fully saturated rings. The molecule has 10 heteroatoms. The van der Waals surface area contributed by atoms with E-state index in [0.29, 0.717) is 13.0 Å². The second-order valence-corrected chi connectivity index (χ2v) is 11.1. The Balaban J connectivity index is 1.57. The number of fused-ring (bicyclic) bond motifs is 1. The van der Waals surface area contributed by atoms with Crippen molar-refractivity contribution < 1.29 is 24.0 Å². The molecule has 10 nitrogen and oxygen atoms in total. The normalized spacial score (nSPS) is 16.6. The number of carbonyl (C=O) groups excluding carboxylic acids is 5. The number of amides is 4. The molecule has 210 valence electrons. The van der Waals surface area contributed by atoms with E-state index in [4.69, 9.17) is 0 Å². The Bertz CT molecular complexity index is 1380. The molecular weight excluding hydrogens is 510 g/mol. The van der Waals surface area contributed by atoms with Gasteiger partial charge in [0.05, 0.1) is 6.04 Å². The number of nitrogens with one attached hydrogen (secondary N) is 5. The van der Waals surface area contributed by atoms with E-state index in [2.05, 4.69) is 26.3 Å². The lowest BCUT2D eigenvalue weighted by molar-refractivity contribution is -0.141. The molecular formula is C30H35N5O5. The van der Waals surface area contributed by atoms with Crippen molar-refractivity contribution >= 4 is 40.3 Å². The van der Waals surface area contributed by atoms with E-state index in [0.717, 1.165) is 16.5 Å². The van der Waals surface area contributed by atoms with Crippen LogP contribution in [0.3, 0.4) is 0 Å². The molecule has 3 aromatic rings. The lowest BCUT2D eigenvalue weighted by atomic mass is 9.94. The number of hydrogen-bond acceptors (Lipinski definition) is 5. The fourth-order valence-electron chi connectivity index (χ4n) is 4.71. The number of carbonyl (C=O) groups is 5. The summed E-state index contributed by atoms with van der Waals surface area (Å²) in [6.07, 6.45) is 0.615. The van der Waals surface area contributed by atoms with Crippen LogP contribution >= 0.6 is 0 Å². The van der Waals surface area contributed by atoms with E-state index in [1.807, 2.05) is 54.6 Å². The number of benzene rings is 2. The molecule has 0 aliphatic carbocycles. The smallest absolute Gasteiger partial charge is 0.290 e. The first kappa shape index (κ1) is 28.5. The number of para-hydroxylation sites is 1. The van der Waals surface area contributed by atoms with Gasteiger partial charge in [0.15, 0.2) is 0 Å². The number of aromatic nitrogens is 1. The van der Waals surface area contributed by atoms with Gasteiger partial charge in [0.2, 0.25) is 17.6 Å². The van der Waals surface area contributed by atoms with Crippen LogP contribution in [0.4, 0.5) is 0 Å². The summed E-state index contributed by atoms with van der Waals surface area (Å²) in [6.45, 7) is 5.69. The summed E-state index contributed by atoms with van der Waals surface area (Å²) in [6, 6.07) is 16.0. The zero-order valence-electron chi connectivity index (χ0n) is 22.9. The third-order valence-electron chi connectivity index (χ3n) is 6.71. The van der Waals surface area contributed by atoms with Crippen LogP contribution in [0.15, 0.2) is 60.7 Å². The fraction of sp³-hybridized carbons (Fsp3) is 0.367. The fourth-order valence-corrected chi connectivity index (χ4v) is 4.71. The van der Waals surface area contributed by atoms with Crippen molar-refractivity contribution in [1.29, 1.82) is 0 Å². The van der Waals surface area contributed by atoms with E-state index < -0.39 is 47.0 Å². The Kier molecular flexibility index (Phi) is 8.67. The first-order valence-corrected chi connectivity index (χ1v) is 13.4. The molecule has 0 saturated carbocycles. The number of Topliss-reactive ketones (excluding diaryl/α,β-unsaturated/α-hetero) is 1. The van der Waals surface area contributed by atoms with E-state index in [1.165, 1.54) is 0 Å². The Labute approximate surface area is 232 Å². The molecule has 2 heterocycles. The molecule has 3 atom stereocenters. The molecule has 5 N–H and O–H groups in total. The molecule has 0 spiro atoms. The largest absolute Gasteiger partial charge is 0.356 e. The first-order chi connectivity index (χ1) is 19.0. The zero-order chi connectivity index (χ0) is 28.9. The highest BCUT2D eigenvalue weighted by Crippen LogP contribution is 2.18. The lowest BCUT2D eigenvalue weighted by Crippen LogP contribution is -2.56. The summed E-state index contributed by atoms with van der Waals surface area (Å²) >= 11 is 0. The van der Waals surface area contributed by atoms with Gasteiger partial charge in [-0.15, -0.1) is 0 Å². The molecule has 0 radical (unpaired) electrons. The maximum atomic E-state index is 13.6. The maximum absolute atomic E-state index is 13.6. The van der Waals surface area contributed by atoms with Gasteiger partial charge < -0.3 is 26.3 Å². The Morgan fingerprint density at radius 2 is 1.65 bits per heavy atom. The van der Waals surface area contributed by atoms with Gasteiger partial charge in [0.25, 0.3) is 11.8 Å². The first-order valence-electron chi connectivity index (χ1n) is 13.4. The Morgan fingerprint density at radius 1 is 0.950 bits per heavy atom. The molecule has 1 aliphatic heterocycles. The average Bonchev–Trinajstić information content (AvgIpc) is 3.53. The average molecular weight is 546 g/mol. The second-order valence-electron chi connectivity index (χ2n) is 11.1. The minimum absolute atomic E-state index is 0.0258. The van der Waals surface area contributed by atoms with Crippen LogP contribution < -0.4 is 21.3 Å². The van der Waals surface area contributed by atoms with Crippen LogP contribution in [0, 0.1) is 5.92 Å². The Morgan fingerprint density at radius 3 is 2.30 bits per heavy atom. The van der Waals surface area contributed by atoms with Crippen LogP contribution in [0.1, 0.15) is 49.7 Å². The zero-order valence-corrected chi connectivity index (χ0v) is 22.9. The molecule has 4 amide bonds. The summed E-state index contributed by atoms with van der Waals surface area (Å²) in [7, 11) is 0. The van der Waals surface area contributed by atoms with Gasteiger partial charge in [-0.05, 0) is 51.3 Å².